The smallest absolute Gasteiger partial charge is 0.356 e. The van der Waals surface area contributed by atoms with Gasteiger partial charge < -0.3 is 20.1 Å². The Bertz CT molecular complexity index is 1230. The van der Waals surface area contributed by atoms with Crippen molar-refractivity contribution in [3.8, 4) is 11.6 Å². The maximum Gasteiger partial charge on any atom is 0.356 e. The van der Waals surface area contributed by atoms with Crippen LogP contribution in [-0.4, -0.2) is 51.1 Å². The van der Waals surface area contributed by atoms with Gasteiger partial charge in [0.15, 0.2) is 5.69 Å². The highest BCUT2D eigenvalue weighted by molar-refractivity contribution is 5.84. The van der Waals surface area contributed by atoms with E-state index >= 15 is 0 Å². The van der Waals surface area contributed by atoms with Crippen molar-refractivity contribution in [3.63, 3.8) is 0 Å². The van der Waals surface area contributed by atoms with E-state index in [1.54, 1.807) is 0 Å². The SMILES string of the molecule is O=C(O)c1cnc(Oc2cccc(C=C3CCN(C(=O)NC4CC4c4ccccc4)CC3)c2)cn1. The lowest BCUT2D eigenvalue weighted by molar-refractivity contribution is 0.0690. The molecule has 1 saturated heterocycles. The summed E-state index contributed by atoms with van der Waals surface area (Å²) in [5, 5.41) is 12.1. The predicted molar refractivity (Wildman–Crippen MR) is 130 cm³/mol. The van der Waals surface area contributed by atoms with E-state index in [2.05, 4.69) is 33.5 Å². The number of benzene rings is 2. The number of ether oxygens (including phenoxy) is 1. The highest BCUT2D eigenvalue weighted by Crippen LogP contribution is 2.40. The summed E-state index contributed by atoms with van der Waals surface area (Å²) in [7, 11) is 0. The molecule has 8 heteroatoms. The van der Waals surface area contributed by atoms with Crippen molar-refractivity contribution in [3.05, 3.63) is 89.4 Å². The first-order chi connectivity index (χ1) is 17.0. The standard InChI is InChI=1S/C27H26N4O4/c32-26(33)24-16-29-25(17-28-24)35-21-8-4-5-19(14-21)13-18-9-11-31(12-10-18)27(34)30-23-15-22(23)20-6-2-1-3-7-20/h1-8,13-14,16-17,22-23H,9-12,15H2,(H,30,34)(H,32,33). The Morgan fingerprint density at radius 2 is 1.83 bits per heavy atom. The number of carbonyl (C=O) groups is 2. The molecule has 2 unspecified atom stereocenters. The van der Waals surface area contributed by atoms with Crippen LogP contribution in [0.5, 0.6) is 11.6 Å². The first-order valence-corrected chi connectivity index (χ1v) is 11.7. The number of hydrogen-bond donors (Lipinski definition) is 2. The van der Waals surface area contributed by atoms with Gasteiger partial charge >= 0.3 is 12.0 Å². The third-order valence-corrected chi connectivity index (χ3v) is 6.32. The normalized spacial score (nSPS) is 19.1. The van der Waals surface area contributed by atoms with Gasteiger partial charge in [-0.2, -0.15) is 0 Å². The van der Waals surface area contributed by atoms with Crippen molar-refractivity contribution in [1.82, 2.24) is 20.2 Å². The quantitative estimate of drug-likeness (QED) is 0.541. The third-order valence-electron chi connectivity index (χ3n) is 6.32. The van der Waals surface area contributed by atoms with Crippen LogP contribution in [0.3, 0.4) is 0 Å². The van der Waals surface area contributed by atoms with E-state index in [1.165, 1.54) is 23.5 Å². The summed E-state index contributed by atoms with van der Waals surface area (Å²) in [5.41, 5.74) is 3.43. The molecule has 1 aliphatic heterocycles. The van der Waals surface area contributed by atoms with E-state index in [0.29, 0.717) is 24.8 Å². The van der Waals surface area contributed by atoms with E-state index in [1.807, 2.05) is 47.4 Å². The fraction of sp³-hybridized carbons (Fsp3) is 0.259. The summed E-state index contributed by atoms with van der Waals surface area (Å²) < 4.78 is 5.72. The number of amides is 2. The van der Waals surface area contributed by atoms with Crippen LogP contribution in [0.4, 0.5) is 4.79 Å². The molecule has 1 saturated carbocycles. The topological polar surface area (TPSA) is 105 Å². The van der Waals surface area contributed by atoms with Crippen molar-refractivity contribution in [2.75, 3.05) is 13.1 Å². The number of piperidine rings is 1. The molecule has 0 radical (unpaired) electrons. The average molecular weight is 471 g/mol. The zero-order valence-electron chi connectivity index (χ0n) is 19.1. The number of carboxylic acids is 1. The second-order valence-electron chi connectivity index (χ2n) is 8.82. The van der Waals surface area contributed by atoms with E-state index in [0.717, 1.165) is 24.8 Å². The van der Waals surface area contributed by atoms with E-state index < -0.39 is 5.97 Å². The highest BCUT2D eigenvalue weighted by atomic mass is 16.5. The number of rotatable bonds is 6. The lowest BCUT2D eigenvalue weighted by atomic mass is 10.0. The molecule has 2 N–H and O–H groups in total. The van der Waals surface area contributed by atoms with E-state index in [4.69, 9.17) is 9.84 Å². The van der Waals surface area contributed by atoms with Gasteiger partial charge in [-0.3, -0.25) is 0 Å². The predicted octanol–water partition coefficient (Wildman–Crippen LogP) is 4.71. The second-order valence-corrected chi connectivity index (χ2v) is 8.82. The summed E-state index contributed by atoms with van der Waals surface area (Å²) in [6.45, 7) is 1.39. The molecular formula is C27H26N4O4. The monoisotopic (exact) mass is 470 g/mol. The Kier molecular flexibility index (Phi) is 6.43. The Labute approximate surface area is 203 Å². The molecule has 0 spiro atoms. The molecule has 2 atom stereocenters. The number of likely N-dealkylation sites (tertiary alicyclic amines) is 1. The van der Waals surface area contributed by atoms with Gasteiger partial charge in [-0.1, -0.05) is 54.1 Å². The number of urea groups is 1. The van der Waals surface area contributed by atoms with Crippen LogP contribution in [0.2, 0.25) is 0 Å². The maximum atomic E-state index is 12.7. The van der Waals surface area contributed by atoms with Crippen molar-refractivity contribution >= 4 is 18.1 Å². The first-order valence-electron chi connectivity index (χ1n) is 11.7. The van der Waals surface area contributed by atoms with Crippen LogP contribution < -0.4 is 10.1 Å². The van der Waals surface area contributed by atoms with Crippen molar-refractivity contribution < 1.29 is 19.4 Å². The zero-order chi connectivity index (χ0) is 24.2. The molecule has 178 valence electrons. The highest BCUT2D eigenvalue weighted by Gasteiger charge is 2.40. The summed E-state index contributed by atoms with van der Waals surface area (Å²) in [6.07, 6.45) is 7.24. The molecule has 2 amide bonds. The molecule has 2 aromatic carbocycles. The molecule has 1 aliphatic carbocycles. The molecule has 2 aliphatic rings. The van der Waals surface area contributed by atoms with Gasteiger partial charge in [0.25, 0.3) is 0 Å². The van der Waals surface area contributed by atoms with Gasteiger partial charge in [-0.05, 0) is 42.5 Å². The van der Waals surface area contributed by atoms with Crippen molar-refractivity contribution in [1.29, 1.82) is 0 Å². The second kappa shape index (κ2) is 9.97. The average Bonchev–Trinajstić information content (AvgIpc) is 3.64. The molecule has 35 heavy (non-hydrogen) atoms. The van der Waals surface area contributed by atoms with Crippen LogP contribution in [0.25, 0.3) is 6.08 Å². The lowest BCUT2D eigenvalue weighted by Crippen LogP contribution is -2.44. The van der Waals surface area contributed by atoms with Gasteiger partial charge in [-0.15, -0.1) is 0 Å². The summed E-state index contributed by atoms with van der Waals surface area (Å²) in [5.74, 6) is 0.108. The molecule has 5 rings (SSSR count). The number of nitrogens with zero attached hydrogens (tertiary/aromatic N) is 3. The summed E-state index contributed by atoms with van der Waals surface area (Å²) in [4.78, 5) is 33.3. The molecule has 0 bridgehead atoms. The molecule has 2 fully saturated rings. The first kappa shape index (κ1) is 22.6. The Hall–Kier alpha value is -4.20. The summed E-state index contributed by atoms with van der Waals surface area (Å²) >= 11 is 0. The molecular weight excluding hydrogens is 444 g/mol. The maximum absolute atomic E-state index is 12.7. The minimum atomic E-state index is -1.13. The summed E-state index contributed by atoms with van der Waals surface area (Å²) in [6, 6.07) is 18.2. The number of hydrogen-bond acceptors (Lipinski definition) is 5. The van der Waals surface area contributed by atoms with E-state index in [-0.39, 0.29) is 23.6 Å². The van der Waals surface area contributed by atoms with Crippen LogP contribution in [-0.2, 0) is 0 Å². The molecule has 3 aromatic rings. The fourth-order valence-electron chi connectivity index (χ4n) is 4.32. The zero-order valence-corrected chi connectivity index (χ0v) is 19.1. The number of carboxylic acid groups (broad SMARTS) is 1. The Morgan fingerprint density at radius 1 is 1.03 bits per heavy atom. The number of aromatic carboxylic acids is 1. The molecule has 2 heterocycles. The minimum absolute atomic E-state index is 0.0258. The van der Waals surface area contributed by atoms with Crippen LogP contribution in [0, 0.1) is 0 Å². The van der Waals surface area contributed by atoms with Gasteiger partial charge in [0, 0.05) is 25.0 Å². The lowest BCUT2D eigenvalue weighted by Gasteiger charge is -2.28. The van der Waals surface area contributed by atoms with Crippen LogP contribution in [0.15, 0.2) is 72.6 Å². The fourth-order valence-corrected chi connectivity index (χ4v) is 4.32. The van der Waals surface area contributed by atoms with Gasteiger partial charge in [0.05, 0.1) is 12.4 Å². The third kappa shape index (κ3) is 5.66. The van der Waals surface area contributed by atoms with Gasteiger partial charge in [-0.25, -0.2) is 19.6 Å². The molecule has 8 nitrogen and oxygen atoms in total. The molecule has 1 aromatic heterocycles. The van der Waals surface area contributed by atoms with Crippen LogP contribution >= 0.6 is 0 Å². The number of carbonyl (C=O) groups excluding carboxylic acids is 1. The Morgan fingerprint density at radius 3 is 2.54 bits per heavy atom. The largest absolute Gasteiger partial charge is 0.476 e. The van der Waals surface area contributed by atoms with Gasteiger partial charge in [0.2, 0.25) is 5.88 Å². The number of aromatic nitrogens is 2. The van der Waals surface area contributed by atoms with Crippen molar-refractivity contribution in [2.45, 2.75) is 31.2 Å². The Balaban J connectivity index is 1.13. The van der Waals surface area contributed by atoms with Gasteiger partial charge in [0.1, 0.15) is 5.75 Å². The van der Waals surface area contributed by atoms with E-state index in [9.17, 15) is 9.59 Å². The minimum Gasteiger partial charge on any atom is -0.476 e. The van der Waals surface area contributed by atoms with Crippen LogP contribution in [0.1, 0.15) is 46.8 Å². The number of nitrogens with one attached hydrogen (secondary N) is 1. The van der Waals surface area contributed by atoms with Crippen molar-refractivity contribution in [2.24, 2.45) is 0 Å².